The van der Waals surface area contributed by atoms with Gasteiger partial charge in [-0.1, -0.05) is 42.5 Å². The van der Waals surface area contributed by atoms with Crippen LogP contribution >= 0.6 is 0 Å². The van der Waals surface area contributed by atoms with E-state index in [1.807, 2.05) is 62.1 Å². The summed E-state index contributed by atoms with van der Waals surface area (Å²) < 4.78 is 5.60. The van der Waals surface area contributed by atoms with E-state index in [4.69, 9.17) is 10.5 Å². The van der Waals surface area contributed by atoms with Crippen molar-refractivity contribution >= 4 is 23.7 Å². The second kappa shape index (κ2) is 13.4. The number of likely N-dealkylation sites (tertiary alicyclic amines) is 2. The lowest BCUT2D eigenvalue weighted by Gasteiger charge is -2.30. The van der Waals surface area contributed by atoms with Crippen molar-refractivity contribution in [1.29, 1.82) is 0 Å². The molecule has 1 aromatic heterocycles. The quantitative estimate of drug-likeness (QED) is 0.354. The zero-order valence-corrected chi connectivity index (χ0v) is 25.6. The van der Waals surface area contributed by atoms with Crippen LogP contribution in [0.2, 0.25) is 0 Å². The summed E-state index contributed by atoms with van der Waals surface area (Å²) in [5.41, 5.74) is 8.17. The number of nitrogens with zero attached hydrogens (tertiary/aromatic N) is 4. The summed E-state index contributed by atoms with van der Waals surface area (Å²) in [6.07, 6.45) is 3.89. The summed E-state index contributed by atoms with van der Waals surface area (Å²) in [5, 5.41) is 5.99. The SMILES string of the molecule is CC(C)(C)OC(=O)N1CCC[C@@H]1CN1CC[C@H](NC(=O)c2nc(-c3cccc(C(=O)NCc4ccccc4)c3)cnc2N)C1. The standard InChI is InChI=1S/C33H41N7O4/c1-33(2,3)44-32(43)40-15-8-13-26(40)21-39-16-14-25(20-39)37-31(42)28-29(34)35-19-27(38-28)23-11-7-12-24(17-23)30(41)36-18-22-9-5-4-6-10-22/h4-7,9-12,17,19,25-26H,8,13-16,18,20-21H2,1-3H3,(H2,34,35)(H,36,41)(H,37,42)/t25-,26+/m0/s1. The minimum Gasteiger partial charge on any atom is -0.444 e. The molecule has 44 heavy (non-hydrogen) atoms. The molecule has 2 aromatic carbocycles. The predicted octanol–water partition coefficient (Wildman–Crippen LogP) is 3.86. The van der Waals surface area contributed by atoms with Gasteiger partial charge in [0.05, 0.1) is 11.9 Å². The molecule has 0 spiro atoms. The molecule has 11 heteroatoms. The van der Waals surface area contributed by atoms with E-state index < -0.39 is 11.5 Å². The van der Waals surface area contributed by atoms with E-state index >= 15 is 0 Å². The molecule has 4 N–H and O–H groups in total. The summed E-state index contributed by atoms with van der Waals surface area (Å²) in [5.74, 6) is -0.566. The number of anilines is 1. The molecular weight excluding hydrogens is 558 g/mol. The number of nitrogen functional groups attached to an aromatic ring is 1. The molecule has 0 saturated carbocycles. The lowest BCUT2D eigenvalue weighted by Crippen LogP contribution is -2.45. The van der Waals surface area contributed by atoms with Crippen LogP contribution in [0.1, 0.15) is 66.4 Å². The molecule has 232 valence electrons. The Bertz CT molecular complexity index is 1490. The zero-order valence-electron chi connectivity index (χ0n) is 25.6. The molecule has 2 saturated heterocycles. The summed E-state index contributed by atoms with van der Waals surface area (Å²) in [7, 11) is 0. The monoisotopic (exact) mass is 599 g/mol. The van der Waals surface area contributed by atoms with Gasteiger partial charge in [0.15, 0.2) is 11.5 Å². The first-order chi connectivity index (χ1) is 21.1. The van der Waals surface area contributed by atoms with E-state index in [9.17, 15) is 14.4 Å². The molecule has 2 fully saturated rings. The highest BCUT2D eigenvalue weighted by molar-refractivity contribution is 5.97. The normalized spacial score (nSPS) is 18.7. The molecule has 2 aliphatic heterocycles. The summed E-state index contributed by atoms with van der Waals surface area (Å²) >= 11 is 0. The highest BCUT2D eigenvalue weighted by Crippen LogP contribution is 2.24. The van der Waals surface area contributed by atoms with Crippen molar-refractivity contribution in [2.45, 2.75) is 64.3 Å². The topological polar surface area (TPSA) is 143 Å². The summed E-state index contributed by atoms with van der Waals surface area (Å²) in [4.78, 5) is 51.7. The number of hydrogen-bond donors (Lipinski definition) is 3. The van der Waals surface area contributed by atoms with Gasteiger partial charge < -0.3 is 26.0 Å². The smallest absolute Gasteiger partial charge is 0.410 e. The number of rotatable bonds is 8. The van der Waals surface area contributed by atoms with Gasteiger partial charge in [-0.2, -0.15) is 0 Å². The minimum atomic E-state index is -0.532. The predicted molar refractivity (Wildman–Crippen MR) is 168 cm³/mol. The maximum Gasteiger partial charge on any atom is 0.410 e. The first-order valence-corrected chi connectivity index (χ1v) is 15.1. The number of hydrogen-bond acceptors (Lipinski definition) is 8. The molecule has 0 aliphatic carbocycles. The van der Waals surface area contributed by atoms with Crippen LogP contribution in [0, 0.1) is 0 Å². The number of nitrogens with one attached hydrogen (secondary N) is 2. The van der Waals surface area contributed by atoms with Crippen molar-refractivity contribution in [2.24, 2.45) is 0 Å². The van der Waals surface area contributed by atoms with Crippen LogP contribution in [0.5, 0.6) is 0 Å². The molecule has 11 nitrogen and oxygen atoms in total. The first kappa shape index (κ1) is 30.9. The van der Waals surface area contributed by atoms with E-state index in [0.29, 0.717) is 36.5 Å². The second-order valence-electron chi connectivity index (χ2n) is 12.4. The van der Waals surface area contributed by atoms with Crippen LogP contribution in [0.4, 0.5) is 10.6 Å². The Labute approximate surface area is 258 Å². The van der Waals surface area contributed by atoms with Gasteiger partial charge in [-0.05, 0) is 57.7 Å². The van der Waals surface area contributed by atoms with Crippen LogP contribution in [0.3, 0.4) is 0 Å². The Kier molecular flexibility index (Phi) is 9.43. The van der Waals surface area contributed by atoms with Crippen LogP contribution in [-0.2, 0) is 11.3 Å². The van der Waals surface area contributed by atoms with Crippen molar-refractivity contribution in [3.8, 4) is 11.3 Å². The fourth-order valence-corrected chi connectivity index (χ4v) is 5.66. The van der Waals surface area contributed by atoms with E-state index in [1.165, 1.54) is 6.20 Å². The van der Waals surface area contributed by atoms with Gasteiger partial charge in [0.1, 0.15) is 5.60 Å². The van der Waals surface area contributed by atoms with Crippen molar-refractivity contribution in [3.63, 3.8) is 0 Å². The molecule has 2 atom stereocenters. The average Bonchev–Trinajstić information content (AvgIpc) is 3.65. The van der Waals surface area contributed by atoms with Gasteiger partial charge in [0, 0.05) is 55.9 Å². The third kappa shape index (κ3) is 7.90. The maximum absolute atomic E-state index is 13.3. The van der Waals surface area contributed by atoms with E-state index in [2.05, 4.69) is 25.5 Å². The number of ether oxygens (including phenoxy) is 1. The maximum atomic E-state index is 13.3. The molecule has 2 aliphatic rings. The van der Waals surface area contributed by atoms with Crippen molar-refractivity contribution in [2.75, 3.05) is 31.9 Å². The molecule has 3 amide bonds. The lowest BCUT2D eigenvalue weighted by molar-refractivity contribution is 0.0202. The largest absolute Gasteiger partial charge is 0.444 e. The number of aromatic nitrogens is 2. The van der Waals surface area contributed by atoms with E-state index in [-0.39, 0.29) is 35.6 Å². The Hall–Kier alpha value is -4.51. The Morgan fingerprint density at radius 1 is 1.02 bits per heavy atom. The van der Waals surface area contributed by atoms with Crippen LogP contribution in [0.25, 0.3) is 11.3 Å². The molecule has 3 aromatic rings. The molecule has 0 unspecified atom stereocenters. The van der Waals surface area contributed by atoms with E-state index in [0.717, 1.165) is 37.9 Å². The van der Waals surface area contributed by atoms with Crippen LogP contribution in [-0.4, -0.2) is 81.5 Å². The van der Waals surface area contributed by atoms with Crippen LogP contribution in [0.15, 0.2) is 60.8 Å². The van der Waals surface area contributed by atoms with Crippen molar-refractivity contribution < 1.29 is 19.1 Å². The Balaban J connectivity index is 1.18. The molecule has 0 bridgehead atoms. The Morgan fingerprint density at radius 2 is 1.82 bits per heavy atom. The van der Waals surface area contributed by atoms with Gasteiger partial charge in [0.25, 0.3) is 11.8 Å². The number of carbonyl (C=O) groups excluding carboxylic acids is 3. The highest BCUT2D eigenvalue weighted by Gasteiger charge is 2.35. The van der Waals surface area contributed by atoms with Gasteiger partial charge >= 0.3 is 6.09 Å². The number of amides is 3. The number of nitrogens with two attached hydrogens (primary N) is 1. The number of carbonyl (C=O) groups is 3. The molecule has 5 rings (SSSR count). The Morgan fingerprint density at radius 3 is 2.59 bits per heavy atom. The van der Waals surface area contributed by atoms with E-state index in [1.54, 1.807) is 18.2 Å². The second-order valence-corrected chi connectivity index (χ2v) is 12.4. The zero-order chi connectivity index (χ0) is 31.3. The van der Waals surface area contributed by atoms with Gasteiger partial charge in [0.2, 0.25) is 0 Å². The van der Waals surface area contributed by atoms with Gasteiger partial charge in [-0.3, -0.25) is 14.5 Å². The van der Waals surface area contributed by atoms with Gasteiger partial charge in [-0.25, -0.2) is 14.8 Å². The summed E-state index contributed by atoms with van der Waals surface area (Å²) in [6.45, 7) is 8.95. The van der Waals surface area contributed by atoms with Gasteiger partial charge in [-0.15, -0.1) is 0 Å². The summed E-state index contributed by atoms with van der Waals surface area (Å²) in [6, 6.07) is 16.7. The third-order valence-corrected chi connectivity index (χ3v) is 7.81. The minimum absolute atomic E-state index is 0.0387. The fourth-order valence-electron chi connectivity index (χ4n) is 5.66. The van der Waals surface area contributed by atoms with Crippen molar-refractivity contribution in [3.05, 3.63) is 77.6 Å². The molecule has 3 heterocycles. The average molecular weight is 600 g/mol. The number of benzene rings is 2. The molecule has 0 radical (unpaired) electrons. The molecular formula is C33H41N7O4. The first-order valence-electron chi connectivity index (χ1n) is 15.1. The lowest BCUT2D eigenvalue weighted by atomic mass is 10.1. The third-order valence-electron chi connectivity index (χ3n) is 7.81. The van der Waals surface area contributed by atoms with Crippen LogP contribution < -0.4 is 16.4 Å². The highest BCUT2D eigenvalue weighted by atomic mass is 16.6. The fraction of sp³-hybridized carbons (Fsp3) is 0.424. The van der Waals surface area contributed by atoms with Crippen molar-refractivity contribution in [1.82, 2.24) is 30.4 Å².